The zero-order valence-electron chi connectivity index (χ0n) is 31.6. The molecule has 0 spiro atoms. The van der Waals surface area contributed by atoms with Gasteiger partial charge in [-0.3, -0.25) is 4.79 Å². The van der Waals surface area contributed by atoms with Crippen LogP contribution in [0.4, 0.5) is 0 Å². The van der Waals surface area contributed by atoms with E-state index >= 15 is 0 Å². The number of carbonyl (C=O) groups is 1. The Morgan fingerprint density at radius 3 is 1.43 bits per heavy atom. The van der Waals surface area contributed by atoms with Gasteiger partial charge >= 0.3 is 0 Å². The van der Waals surface area contributed by atoms with Crippen molar-refractivity contribution in [1.82, 2.24) is 5.32 Å². The van der Waals surface area contributed by atoms with Crippen molar-refractivity contribution in [2.45, 2.75) is 242 Å². The van der Waals surface area contributed by atoms with Crippen LogP contribution in [0.2, 0.25) is 0 Å². The van der Waals surface area contributed by atoms with Crippen LogP contribution in [-0.4, -0.2) is 91.9 Å². The third-order valence-electron chi connectivity index (χ3n) is 10.5. The van der Waals surface area contributed by atoms with E-state index in [1.807, 2.05) is 0 Å². The summed E-state index contributed by atoms with van der Waals surface area (Å²) < 4.78 is 5.62. The molecule has 1 rings (SSSR count). The third kappa shape index (κ3) is 22.0. The molecule has 1 amide bonds. The monoisotopic (exact) mass is 702 g/mol. The zero-order valence-corrected chi connectivity index (χ0v) is 31.6. The summed E-state index contributed by atoms with van der Waals surface area (Å²) >= 11 is 0. The van der Waals surface area contributed by atoms with Crippen LogP contribution in [0.25, 0.3) is 0 Å². The maximum absolute atomic E-state index is 12.9. The van der Waals surface area contributed by atoms with Crippen LogP contribution in [0.15, 0.2) is 0 Å². The number of aliphatic hydroxyl groups excluding tert-OH is 6. The quantitative estimate of drug-likeness (QED) is 0.0361. The minimum Gasteiger partial charge on any atom is -0.394 e. The van der Waals surface area contributed by atoms with E-state index < -0.39 is 55.4 Å². The highest BCUT2D eigenvalue weighted by molar-refractivity contribution is 5.76. The molecular weight excluding hydrogens is 622 g/mol. The summed E-state index contributed by atoms with van der Waals surface area (Å²) in [5, 5.41) is 64.6. The first-order chi connectivity index (χ1) is 23.8. The number of rotatable bonds is 33. The van der Waals surface area contributed by atoms with E-state index in [-0.39, 0.29) is 18.7 Å². The molecular formula is C40H79NO8. The molecule has 8 atom stereocenters. The van der Waals surface area contributed by atoms with Gasteiger partial charge in [0, 0.05) is 6.42 Å². The molecule has 0 aromatic carbocycles. The van der Waals surface area contributed by atoms with E-state index in [1.54, 1.807) is 0 Å². The van der Waals surface area contributed by atoms with E-state index in [0.29, 0.717) is 12.8 Å². The van der Waals surface area contributed by atoms with Gasteiger partial charge in [0.25, 0.3) is 0 Å². The molecule has 1 fully saturated rings. The summed E-state index contributed by atoms with van der Waals surface area (Å²) in [5.41, 5.74) is 0. The molecule has 292 valence electrons. The largest absolute Gasteiger partial charge is 0.394 e. The lowest BCUT2D eigenvalue weighted by molar-refractivity contribution is -0.231. The lowest BCUT2D eigenvalue weighted by atomic mass is 9.90. The first kappa shape index (κ1) is 46.2. The summed E-state index contributed by atoms with van der Waals surface area (Å²) in [6, 6.07) is -0.758. The van der Waals surface area contributed by atoms with Crippen LogP contribution in [0.3, 0.4) is 0 Å². The van der Waals surface area contributed by atoms with Crippen LogP contribution in [0, 0.1) is 0 Å². The van der Waals surface area contributed by atoms with Gasteiger partial charge in [-0.15, -0.1) is 0 Å². The first-order valence-corrected chi connectivity index (χ1v) is 20.7. The van der Waals surface area contributed by atoms with Gasteiger partial charge in [0.1, 0.15) is 24.4 Å². The summed E-state index contributed by atoms with van der Waals surface area (Å²) in [4.78, 5) is 12.9. The Hall–Kier alpha value is -0.810. The lowest BCUT2D eigenvalue weighted by Crippen LogP contribution is -2.59. The molecule has 0 aliphatic carbocycles. The normalized spacial score (nSPS) is 23.0. The molecule has 5 unspecified atom stereocenters. The fourth-order valence-corrected chi connectivity index (χ4v) is 7.13. The number of nitrogens with one attached hydrogen (secondary N) is 1. The second-order valence-electron chi connectivity index (χ2n) is 15.0. The van der Waals surface area contributed by atoms with E-state index in [1.165, 1.54) is 116 Å². The SMILES string of the molecule is CCCCCCCCCCCCCCCCCCCCCCCC(=O)N[C@@H](CCC1OC(CO)C(O)C(O)C1O)[C@H](O)[C@H](O)CCCCC. The van der Waals surface area contributed by atoms with Gasteiger partial charge < -0.3 is 40.7 Å². The summed E-state index contributed by atoms with van der Waals surface area (Å²) in [6.07, 6.45) is 22.8. The minimum atomic E-state index is -1.47. The Bertz CT molecular complexity index is 756. The van der Waals surface area contributed by atoms with Crippen molar-refractivity contribution in [3.05, 3.63) is 0 Å². The predicted molar refractivity (Wildman–Crippen MR) is 198 cm³/mol. The van der Waals surface area contributed by atoms with Crippen molar-refractivity contribution in [2.75, 3.05) is 6.61 Å². The fourth-order valence-electron chi connectivity index (χ4n) is 7.13. The van der Waals surface area contributed by atoms with Gasteiger partial charge in [0.15, 0.2) is 0 Å². The molecule has 0 saturated carbocycles. The molecule has 9 heteroatoms. The molecule has 1 saturated heterocycles. The number of aliphatic hydroxyl groups is 6. The van der Waals surface area contributed by atoms with Gasteiger partial charge in [0.2, 0.25) is 5.91 Å². The second-order valence-corrected chi connectivity index (χ2v) is 15.0. The highest BCUT2D eigenvalue weighted by Gasteiger charge is 2.43. The number of hydrogen-bond acceptors (Lipinski definition) is 8. The molecule has 0 bridgehead atoms. The van der Waals surface area contributed by atoms with Crippen molar-refractivity contribution >= 4 is 5.91 Å². The lowest BCUT2D eigenvalue weighted by Gasteiger charge is -2.40. The Morgan fingerprint density at radius 2 is 0.980 bits per heavy atom. The van der Waals surface area contributed by atoms with Crippen LogP contribution in [0.1, 0.15) is 194 Å². The Kier molecular flexibility index (Phi) is 29.0. The molecule has 7 N–H and O–H groups in total. The van der Waals surface area contributed by atoms with Gasteiger partial charge in [-0.25, -0.2) is 0 Å². The fraction of sp³-hybridized carbons (Fsp3) is 0.975. The summed E-state index contributed by atoms with van der Waals surface area (Å²) in [6.45, 7) is 3.83. The van der Waals surface area contributed by atoms with Crippen molar-refractivity contribution in [2.24, 2.45) is 0 Å². The smallest absolute Gasteiger partial charge is 0.220 e. The van der Waals surface area contributed by atoms with E-state index in [9.17, 15) is 35.4 Å². The van der Waals surface area contributed by atoms with Gasteiger partial charge in [-0.1, -0.05) is 162 Å². The average molecular weight is 702 g/mol. The van der Waals surface area contributed by atoms with E-state index in [4.69, 9.17) is 4.74 Å². The highest BCUT2D eigenvalue weighted by Crippen LogP contribution is 2.26. The van der Waals surface area contributed by atoms with Crippen LogP contribution >= 0.6 is 0 Å². The van der Waals surface area contributed by atoms with Gasteiger partial charge in [-0.05, 0) is 25.7 Å². The molecule has 1 aliphatic heterocycles. The maximum Gasteiger partial charge on any atom is 0.220 e. The van der Waals surface area contributed by atoms with Crippen LogP contribution in [-0.2, 0) is 9.53 Å². The Labute approximate surface area is 300 Å². The molecule has 1 heterocycles. The van der Waals surface area contributed by atoms with Crippen LogP contribution < -0.4 is 5.32 Å². The first-order valence-electron chi connectivity index (χ1n) is 20.7. The molecule has 1 aliphatic rings. The van der Waals surface area contributed by atoms with Crippen molar-refractivity contribution < 1.29 is 40.2 Å². The minimum absolute atomic E-state index is 0.157. The molecule has 0 aromatic heterocycles. The molecule has 9 nitrogen and oxygen atoms in total. The van der Waals surface area contributed by atoms with Crippen molar-refractivity contribution in [1.29, 1.82) is 0 Å². The Balaban J connectivity index is 2.21. The number of hydrogen-bond donors (Lipinski definition) is 7. The van der Waals surface area contributed by atoms with Crippen molar-refractivity contribution in [3.63, 3.8) is 0 Å². The zero-order chi connectivity index (χ0) is 36.1. The number of amides is 1. The molecule has 49 heavy (non-hydrogen) atoms. The topological polar surface area (TPSA) is 160 Å². The van der Waals surface area contributed by atoms with E-state index in [2.05, 4.69) is 19.2 Å². The average Bonchev–Trinajstić information content (AvgIpc) is 3.10. The summed E-state index contributed by atoms with van der Waals surface area (Å²) in [5.74, 6) is -0.184. The predicted octanol–water partition coefficient (Wildman–Crippen LogP) is 7.00. The number of carbonyl (C=O) groups excluding carboxylic acids is 1. The molecule has 0 aromatic rings. The van der Waals surface area contributed by atoms with Crippen LogP contribution in [0.5, 0.6) is 0 Å². The standard InChI is InChI=1S/C40H79NO8/c1-3-5-7-8-9-10-11-12-13-14-15-16-17-18-19-20-21-22-23-24-26-28-36(44)41-32(37(45)33(43)27-25-6-4-2)29-30-34-38(46)40(48)39(47)35(31-42)49-34/h32-35,37-40,42-43,45-48H,3-31H2,1-2H3,(H,41,44)/t32-,33+,34?,35?,37-,38?,39?,40?/m0/s1. The Morgan fingerprint density at radius 1 is 0.571 bits per heavy atom. The molecule has 0 radical (unpaired) electrons. The van der Waals surface area contributed by atoms with E-state index in [0.717, 1.165) is 38.5 Å². The second kappa shape index (κ2) is 30.8. The van der Waals surface area contributed by atoms with Gasteiger partial charge in [-0.2, -0.15) is 0 Å². The highest BCUT2D eigenvalue weighted by atomic mass is 16.5. The number of unbranched alkanes of at least 4 members (excludes halogenated alkanes) is 22. The van der Waals surface area contributed by atoms with Crippen molar-refractivity contribution in [3.8, 4) is 0 Å². The number of ether oxygens (including phenoxy) is 1. The van der Waals surface area contributed by atoms with Gasteiger partial charge in [0.05, 0.1) is 31.0 Å². The maximum atomic E-state index is 12.9. The summed E-state index contributed by atoms with van der Waals surface area (Å²) in [7, 11) is 0. The third-order valence-corrected chi connectivity index (χ3v) is 10.5.